The van der Waals surface area contributed by atoms with Gasteiger partial charge in [-0.15, -0.1) is 0 Å². The van der Waals surface area contributed by atoms with Gasteiger partial charge >= 0.3 is 5.97 Å². The van der Waals surface area contributed by atoms with Crippen molar-refractivity contribution in [3.05, 3.63) is 11.6 Å². The molecule has 1 aliphatic rings. The van der Waals surface area contributed by atoms with Crippen LogP contribution in [0.4, 0.5) is 0 Å². The molecule has 0 spiro atoms. The molecule has 1 rings (SSSR count). The molecule has 108 valence electrons. The summed E-state index contributed by atoms with van der Waals surface area (Å²) in [4.78, 5) is 23.6. The Morgan fingerprint density at radius 2 is 2.11 bits per heavy atom. The van der Waals surface area contributed by atoms with E-state index in [-0.39, 0.29) is 11.9 Å². The molecule has 0 aromatic rings. The minimum atomic E-state index is -0.526. The maximum Gasteiger partial charge on any atom is 0.328 e. The van der Waals surface area contributed by atoms with Crippen LogP contribution in [-0.2, 0) is 14.3 Å². The molecule has 0 radical (unpaired) electrons. The summed E-state index contributed by atoms with van der Waals surface area (Å²) in [5.74, 6) is -0.109. The Kier molecular flexibility index (Phi) is 6.60. The Hall–Kier alpha value is -1.32. The molecule has 0 saturated heterocycles. The first kappa shape index (κ1) is 15.7. The second-order valence-electron chi connectivity index (χ2n) is 5.56. The number of ether oxygens (including phenoxy) is 1. The summed E-state index contributed by atoms with van der Waals surface area (Å²) in [6.45, 7) is 4.04. The smallest absolute Gasteiger partial charge is 0.328 e. The zero-order chi connectivity index (χ0) is 14.3. The molecule has 4 heteroatoms. The summed E-state index contributed by atoms with van der Waals surface area (Å²) >= 11 is 0. The van der Waals surface area contributed by atoms with Gasteiger partial charge in [0.15, 0.2) is 0 Å². The number of carbonyl (C=O) groups is 2. The number of nitrogens with one attached hydrogen (secondary N) is 1. The Morgan fingerprint density at radius 3 is 2.63 bits per heavy atom. The quantitative estimate of drug-likeness (QED) is 0.594. The van der Waals surface area contributed by atoms with Gasteiger partial charge in [0.05, 0.1) is 7.11 Å². The van der Waals surface area contributed by atoms with Crippen LogP contribution in [0.1, 0.15) is 52.4 Å². The topological polar surface area (TPSA) is 55.4 Å². The molecule has 4 nitrogen and oxygen atoms in total. The highest BCUT2D eigenvalue weighted by molar-refractivity contribution is 5.85. The monoisotopic (exact) mass is 267 g/mol. The van der Waals surface area contributed by atoms with E-state index in [9.17, 15) is 9.59 Å². The highest BCUT2D eigenvalue weighted by Gasteiger charge is 2.22. The van der Waals surface area contributed by atoms with Gasteiger partial charge in [0.2, 0.25) is 5.91 Å². The largest absolute Gasteiger partial charge is 0.467 e. The van der Waals surface area contributed by atoms with E-state index in [0.717, 1.165) is 19.3 Å². The fourth-order valence-corrected chi connectivity index (χ4v) is 2.34. The molecular weight excluding hydrogens is 242 g/mol. The van der Waals surface area contributed by atoms with Gasteiger partial charge in [0.25, 0.3) is 0 Å². The summed E-state index contributed by atoms with van der Waals surface area (Å²) in [5, 5.41) is 2.79. The Balaban J connectivity index is 2.50. The molecule has 1 atom stereocenters. The van der Waals surface area contributed by atoms with Crippen molar-refractivity contribution in [1.82, 2.24) is 5.32 Å². The molecule has 1 N–H and O–H groups in total. The van der Waals surface area contributed by atoms with Gasteiger partial charge in [-0.25, -0.2) is 4.79 Å². The third-order valence-electron chi connectivity index (χ3n) is 3.30. The lowest BCUT2D eigenvalue weighted by Gasteiger charge is -2.19. The summed E-state index contributed by atoms with van der Waals surface area (Å²) in [5.41, 5.74) is 1.19. The normalized spacial score (nSPS) is 16.7. The predicted molar refractivity (Wildman–Crippen MR) is 74.6 cm³/mol. The van der Waals surface area contributed by atoms with E-state index < -0.39 is 6.04 Å². The number of hydrogen-bond donors (Lipinski definition) is 1. The van der Waals surface area contributed by atoms with Crippen LogP contribution < -0.4 is 5.32 Å². The minimum Gasteiger partial charge on any atom is -0.467 e. The van der Waals surface area contributed by atoms with Crippen LogP contribution in [0, 0.1) is 5.92 Å². The summed E-state index contributed by atoms with van der Waals surface area (Å²) in [7, 11) is 1.35. The molecule has 1 aliphatic carbocycles. The summed E-state index contributed by atoms with van der Waals surface area (Å²) in [6.07, 6.45) is 7.60. The lowest BCUT2D eigenvalue weighted by molar-refractivity contribution is -0.145. The number of esters is 1. The van der Waals surface area contributed by atoms with Crippen molar-refractivity contribution in [3.8, 4) is 0 Å². The van der Waals surface area contributed by atoms with Crippen molar-refractivity contribution in [3.63, 3.8) is 0 Å². The second kappa shape index (κ2) is 7.97. The van der Waals surface area contributed by atoms with Gasteiger partial charge in [-0.2, -0.15) is 0 Å². The van der Waals surface area contributed by atoms with Gasteiger partial charge in [0, 0.05) is 6.42 Å². The molecule has 0 aromatic carbocycles. The zero-order valence-electron chi connectivity index (χ0n) is 12.2. The highest BCUT2D eigenvalue weighted by Crippen LogP contribution is 2.20. The first-order chi connectivity index (χ1) is 9.02. The molecular formula is C15H25NO3. The van der Waals surface area contributed by atoms with E-state index in [1.807, 2.05) is 13.8 Å². The van der Waals surface area contributed by atoms with Crippen LogP contribution >= 0.6 is 0 Å². The van der Waals surface area contributed by atoms with Crippen LogP contribution in [0.25, 0.3) is 0 Å². The number of allylic oxidation sites excluding steroid dienone is 1. The molecule has 0 aliphatic heterocycles. The maximum absolute atomic E-state index is 12.0. The van der Waals surface area contributed by atoms with Gasteiger partial charge in [-0.05, 0) is 38.0 Å². The van der Waals surface area contributed by atoms with Gasteiger partial charge < -0.3 is 10.1 Å². The number of hydrogen-bond acceptors (Lipinski definition) is 3. The molecule has 0 fully saturated rings. The Bertz CT molecular complexity index is 347. The van der Waals surface area contributed by atoms with Crippen LogP contribution in [0.3, 0.4) is 0 Å². The van der Waals surface area contributed by atoms with E-state index in [2.05, 4.69) is 11.4 Å². The highest BCUT2D eigenvalue weighted by atomic mass is 16.5. The fourth-order valence-electron chi connectivity index (χ4n) is 2.34. The Labute approximate surface area is 115 Å². The minimum absolute atomic E-state index is 0.0794. The van der Waals surface area contributed by atoms with Crippen molar-refractivity contribution in [1.29, 1.82) is 0 Å². The van der Waals surface area contributed by atoms with Crippen molar-refractivity contribution in [2.24, 2.45) is 5.92 Å². The standard InChI is InChI=1S/C15H25NO3/c1-11(2)9-13(15(18)19-3)16-14(17)10-12-7-5-4-6-8-12/h7,11,13H,4-6,8-10H2,1-3H3,(H,16,17). The van der Waals surface area contributed by atoms with E-state index in [1.165, 1.54) is 19.1 Å². The van der Waals surface area contributed by atoms with E-state index in [1.54, 1.807) is 0 Å². The zero-order valence-corrected chi connectivity index (χ0v) is 12.2. The van der Waals surface area contributed by atoms with Gasteiger partial charge in [0.1, 0.15) is 6.04 Å². The van der Waals surface area contributed by atoms with Crippen LogP contribution in [0.2, 0.25) is 0 Å². The van der Waals surface area contributed by atoms with Crippen molar-refractivity contribution in [2.45, 2.75) is 58.4 Å². The molecule has 1 unspecified atom stereocenters. The number of carbonyl (C=O) groups excluding carboxylic acids is 2. The third-order valence-corrected chi connectivity index (χ3v) is 3.30. The average molecular weight is 267 g/mol. The first-order valence-corrected chi connectivity index (χ1v) is 7.08. The second-order valence-corrected chi connectivity index (χ2v) is 5.56. The van der Waals surface area contributed by atoms with Crippen molar-refractivity contribution < 1.29 is 14.3 Å². The van der Waals surface area contributed by atoms with Gasteiger partial charge in [-0.1, -0.05) is 25.5 Å². The summed E-state index contributed by atoms with van der Waals surface area (Å²) in [6, 6.07) is -0.526. The molecule has 0 saturated carbocycles. The van der Waals surface area contributed by atoms with Crippen LogP contribution in [-0.4, -0.2) is 25.0 Å². The van der Waals surface area contributed by atoms with Crippen LogP contribution in [0.15, 0.2) is 11.6 Å². The van der Waals surface area contributed by atoms with E-state index in [0.29, 0.717) is 18.8 Å². The fraction of sp³-hybridized carbons (Fsp3) is 0.733. The lowest BCUT2D eigenvalue weighted by Crippen LogP contribution is -2.42. The molecule has 1 amide bonds. The van der Waals surface area contributed by atoms with E-state index >= 15 is 0 Å². The van der Waals surface area contributed by atoms with E-state index in [4.69, 9.17) is 4.74 Å². The number of rotatable bonds is 6. The predicted octanol–water partition coefficient (Wildman–Crippen LogP) is 2.58. The summed E-state index contributed by atoms with van der Waals surface area (Å²) < 4.78 is 4.74. The maximum atomic E-state index is 12.0. The van der Waals surface area contributed by atoms with Crippen molar-refractivity contribution in [2.75, 3.05) is 7.11 Å². The van der Waals surface area contributed by atoms with Crippen LogP contribution in [0.5, 0.6) is 0 Å². The molecule has 0 heterocycles. The molecule has 19 heavy (non-hydrogen) atoms. The molecule has 0 aromatic heterocycles. The third kappa shape index (κ3) is 5.90. The Morgan fingerprint density at radius 1 is 1.37 bits per heavy atom. The lowest BCUT2D eigenvalue weighted by atomic mass is 9.96. The first-order valence-electron chi connectivity index (χ1n) is 7.08. The van der Waals surface area contributed by atoms with Crippen molar-refractivity contribution >= 4 is 11.9 Å². The number of amides is 1. The average Bonchev–Trinajstić information content (AvgIpc) is 2.37. The SMILES string of the molecule is COC(=O)C(CC(C)C)NC(=O)CC1=CCCCC1. The van der Waals surface area contributed by atoms with Gasteiger partial charge in [-0.3, -0.25) is 4.79 Å². The molecule has 0 bridgehead atoms. The number of methoxy groups -OCH3 is 1.